The molecule has 2 N–H and O–H groups in total. The van der Waals surface area contributed by atoms with E-state index in [2.05, 4.69) is 11.9 Å². The molecule has 0 aromatic heterocycles. The molecule has 19 heavy (non-hydrogen) atoms. The molecule has 108 valence electrons. The number of amides is 1. The maximum Gasteiger partial charge on any atom is 0.309 e. The Kier molecular flexibility index (Phi) is 5.82. The van der Waals surface area contributed by atoms with Crippen LogP contribution < -0.4 is 5.32 Å². The number of carbonyl (C=O) groups is 2. The van der Waals surface area contributed by atoms with Gasteiger partial charge >= 0.3 is 5.97 Å². The average molecular weight is 271 g/mol. The molecule has 0 spiro atoms. The summed E-state index contributed by atoms with van der Waals surface area (Å²) in [7, 11) is 0. The van der Waals surface area contributed by atoms with Crippen molar-refractivity contribution < 1.29 is 24.2 Å². The second-order valence-electron chi connectivity index (χ2n) is 4.82. The Labute approximate surface area is 112 Å². The number of hydrogen-bond donors (Lipinski definition) is 2. The summed E-state index contributed by atoms with van der Waals surface area (Å²) in [6.45, 7) is 6.71. The molecular weight excluding hydrogens is 250 g/mol. The van der Waals surface area contributed by atoms with Crippen molar-refractivity contribution in [2.75, 3.05) is 6.79 Å². The molecule has 1 saturated carbocycles. The van der Waals surface area contributed by atoms with E-state index in [0.29, 0.717) is 25.0 Å². The van der Waals surface area contributed by atoms with Crippen molar-refractivity contribution in [1.29, 1.82) is 0 Å². The Hall–Kier alpha value is -1.56. The second-order valence-corrected chi connectivity index (χ2v) is 4.82. The van der Waals surface area contributed by atoms with Crippen LogP contribution in [0.1, 0.15) is 33.1 Å². The molecule has 0 saturated heterocycles. The monoisotopic (exact) mass is 271 g/mol. The second kappa shape index (κ2) is 7.13. The lowest BCUT2D eigenvalue weighted by Crippen LogP contribution is -2.45. The van der Waals surface area contributed by atoms with E-state index >= 15 is 0 Å². The van der Waals surface area contributed by atoms with Gasteiger partial charge in [-0.25, -0.2) is 0 Å². The SMILES string of the molecule is C=C(C)OCOC1CCC(NC(C)=O)CC1C(=O)O. The number of allylic oxidation sites excluding steroid dienone is 1. The first-order valence-electron chi connectivity index (χ1n) is 6.30. The van der Waals surface area contributed by atoms with Crippen LogP contribution in [-0.2, 0) is 19.1 Å². The van der Waals surface area contributed by atoms with Gasteiger partial charge in [0.25, 0.3) is 0 Å². The van der Waals surface area contributed by atoms with E-state index in [-0.39, 0.29) is 24.8 Å². The summed E-state index contributed by atoms with van der Waals surface area (Å²) in [5.41, 5.74) is 0. The van der Waals surface area contributed by atoms with Gasteiger partial charge in [0.05, 0.1) is 17.8 Å². The molecule has 0 aliphatic heterocycles. The van der Waals surface area contributed by atoms with Crippen molar-refractivity contribution in [2.45, 2.75) is 45.3 Å². The summed E-state index contributed by atoms with van der Waals surface area (Å²) < 4.78 is 10.5. The minimum absolute atomic E-state index is 0.00852. The van der Waals surface area contributed by atoms with E-state index < -0.39 is 11.9 Å². The summed E-state index contributed by atoms with van der Waals surface area (Å²) in [5.74, 6) is -1.15. The zero-order valence-corrected chi connectivity index (χ0v) is 11.3. The van der Waals surface area contributed by atoms with E-state index in [0.717, 1.165) is 0 Å². The molecular formula is C13H21NO5. The van der Waals surface area contributed by atoms with Crippen LogP contribution in [-0.4, -0.2) is 35.9 Å². The zero-order chi connectivity index (χ0) is 14.4. The van der Waals surface area contributed by atoms with Crippen LogP contribution in [0.4, 0.5) is 0 Å². The molecule has 1 aliphatic carbocycles. The van der Waals surface area contributed by atoms with E-state index in [1.807, 2.05) is 0 Å². The topological polar surface area (TPSA) is 84.9 Å². The molecule has 6 heteroatoms. The van der Waals surface area contributed by atoms with Crippen LogP contribution in [0.25, 0.3) is 0 Å². The standard InChI is InChI=1S/C13H21NO5/c1-8(2)18-7-19-12-5-4-10(14-9(3)15)6-11(12)13(16)17/h10-12H,1,4-7H2,2-3H3,(H,14,15)(H,16,17). The van der Waals surface area contributed by atoms with Crippen molar-refractivity contribution in [1.82, 2.24) is 5.32 Å². The largest absolute Gasteiger partial charge is 0.481 e. The molecule has 0 radical (unpaired) electrons. The van der Waals surface area contributed by atoms with Gasteiger partial charge in [-0.15, -0.1) is 0 Å². The number of nitrogens with one attached hydrogen (secondary N) is 1. The summed E-state index contributed by atoms with van der Waals surface area (Å²) in [6, 6.07) is -0.0968. The molecule has 1 rings (SSSR count). The first-order chi connectivity index (χ1) is 8.90. The quantitative estimate of drug-likeness (QED) is 0.561. The summed E-state index contributed by atoms with van der Waals surface area (Å²) >= 11 is 0. The minimum Gasteiger partial charge on any atom is -0.481 e. The van der Waals surface area contributed by atoms with Gasteiger partial charge in [-0.1, -0.05) is 6.58 Å². The van der Waals surface area contributed by atoms with Gasteiger partial charge in [0, 0.05) is 13.0 Å². The molecule has 0 heterocycles. The van der Waals surface area contributed by atoms with Crippen molar-refractivity contribution >= 4 is 11.9 Å². The van der Waals surface area contributed by atoms with Gasteiger partial charge in [-0.05, 0) is 26.2 Å². The van der Waals surface area contributed by atoms with Crippen LogP contribution in [0.3, 0.4) is 0 Å². The van der Waals surface area contributed by atoms with E-state index in [1.165, 1.54) is 6.92 Å². The summed E-state index contributed by atoms with van der Waals surface area (Å²) in [4.78, 5) is 22.2. The normalized spacial score (nSPS) is 26.5. The number of carboxylic acid groups (broad SMARTS) is 1. The fraction of sp³-hybridized carbons (Fsp3) is 0.692. The van der Waals surface area contributed by atoms with E-state index in [4.69, 9.17) is 9.47 Å². The predicted molar refractivity (Wildman–Crippen MR) is 68.2 cm³/mol. The number of carboxylic acids is 1. The molecule has 3 atom stereocenters. The zero-order valence-electron chi connectivity index (χ0n) is 11.3. The maximum atomic E-state index is 11.2. The Balaban J connectivity index is 2.51. The van der Waals surface area contributed by atoms with Gasteiger partial charge in [0.15, 0.2) is 6.79 Å². The summed E-state index contributed by atoms with van der Waals surface area (Å²) in [5, 5.41) is 12.0. The van der Waals surface area contributed by atoms with Gasteiger partial charge < -0.3 is 19.9 Å². The third-order valence-corrected chi connectivity index (χ3v) is 3.10. The highest BCUT2D eigenvalue weighted by Crippen LogP contribution is 2.27. The van der Waals surface area contributed by atoms with Crippen molar-refractivity contribution in [3.05, 3.63) is 12.3 Å². The van der Waals surface area contributed by atoms with Crippen LogP contribution in [0, 0.1) is 5.92 Å². The average Bonchev–Trinajstić information content (AvgIpc) is 2.29. The molecule has 1 aliphatic rings. The summed E-state index contributed by atoms with van der Waals surface area (Å²) in [6.07, 6.45) is 1.29. The van der Waals surface area contributed by atoms with Crippen LogP contribution in [0.5, 0.6) is 0 Å². The van der Waals surface area contributed by atoms with Crippen LogP contribution in [0.2, 0.25) is 0 Å². The molecule has 0 bridgehead atoms. The van der Waals surface area contributed by atoms with Gasteiger partial charge in [0.1, 0.15) is 0 Å². The molecule has 0 aromatic carbocycles. The number of ether oxygens (including phenoxy) is 2. The molecule has 3 unspecified atom stereocenters. The first kappa shape index (κ1) is 15.5. The third-order valence-electron chi connectivity index (χ3n) is 3.10. The fourth-order valence-electron chi connectivity index (χ4n) is 2.24. The predicted octanol–water partition coefficient (Wildman–Crippen LogP) is 1.27. The van der Waals surface area contributed by atoms with Crippen molar-refractivity contribution in [3.8, 4) is 0 Å². The number of aliphatic carboxylic acids is 1. The number of carbonyl (C=O) groups excluding carboxylic acids is 1. The molecule has 6 nitrogen and oxygen atoms in total. The van der Waals surface area contributed by atoms with Gasteiger partial charge in [0.2, 0.25) is 5.91 Å². The van der Waals surface area contributed by atoms with Crippen LogP contribution in [0.15, 0.2) is 12.3 Å². The Morgan fingerprint density at radius 3 is 2.58 bits per heavy atom. The molecule has 1 fully saturated rings. The fourth-order valence-corrected chi connectivity index (χ4v) is 2.24. The van der Waals surface area contributed by atoms with Gasteiger partial charge in [-0.3, -0.25) is 9.59 Å². The highest BCUT2D eigenvalue weighted by molar-refractivity contribution is 5.74. The lowest BCUT2D eigenvalue weighted by Gasteiger charge is -2.33. The van der Waals surface area contributed by atoms with E-state index in [9.17, 15) is 14.7 Å². The smallest absolute Gasteiger partial charge is 0.309 e. The Bertz CT molecular complexity index is 355. The highest BCUT2D eigenvalue weighted by atomic mass is 16.7. The Morgan fingerprint density at radius 2 is 2.05 bits per heavy atom. The molecule has 1 amide bonds. The lowest BCUT2D eigenvalue weighted by atomic mass is 9.83. The lowest BCUT2D eigenvalue weighted by molar-refractivity contribution is -0.157. The highest BCUT2D eigenvalue weighted by Gasteiger charge is 2.36. The van der Waals surface area contributed by atoms with E-state index in [1.54, 1.807) is 6.92 Å². The molecule has 0 aromatic rings. The Morgan fingerprint density at radius 1 is 1.37 bits per heavy atom. The minimum atomic E-state index is -0.907. The third kappa shape index (κ3) is 5.30. The van der Waals surface area contributed by atoms with Crippen LogP contribution >= 0.6 is 0 Å². The van der Waals surface area contributed by atoms with Crippen molar-refractivity contribution in [3.63, 3.8) is 0 Å². The number of rotatable bonds is 6. The van der Waals surface area contributed by atoms with Gasteiger partial charge in [-0.2, -0.15) is 0 Å². The first-order valence-corrected chi connectivity index (χ1v) is 6.30. The number of hydrogen-bond acceptors (Lipinski definition) is 4. The van der Waals surface area contributed by atoms with Crippen molar-refractivity contribution in [2.24, 2.45) is 5.92 Å². The maximum absolute atomic E-state index is 11.2.